The molecule has 2 aliphatic rings. The highest BCUT2D eigenvalue weighted by Gasteiger charge is 2.32. The quantitative estimate of drug-likeness (QED) is 0.923. The van der Waals surface area contributed by atoms with Crippen LogP contribution in [0.4, 0.5) is 5.69 Å². The highest BCUT2D eigenvalue weighted by molar-refractivity contribution is 5.98. The molecule has 22 heavy (non-hydrogen) atoms. The van der Waals surface area contributed by atoms with Crippen molar-refractivity contribution in [3.05, 3.63) is 54.1 Å². The summed E-state index contributed by atoms with van der Waals surface area (Å²) in [4.78, 5) is 14.7. The van der Waals surface area contributed by atoms with Gasteiger partial charge in [0, 0.05) is 18.8 Å². The van der Waals surface area contributed by atoms with Crippen LogP contribution in [-0.4, -0.2) is 25.5 Å². The standard InChI is InChI=1S/C19H20N2O/c22-19(15-9-11-20-13-15)21-12-10-17-16(7-4-8-18(17)21)14-5-2-1-3-6-14/h1-8,15,20H,9-13H2. The van der Waals surface area contributed by atoms with Crippen molar-refractivity contribution in [2.75, 3.05) is 24.5 Å². The molecule has 3 nitrogen and oxygen atoms in total. The summed E-state index contributed by atoms with van der Waals surface area (Å²) in [6.07, 6.45) is 1.91. The predicted molar refractivity (Wildman–Crippen MR) is 88.9 cm³/mol. The maximum Gasteiger partial charge on any atom is 0.231 e. The van der Waals surface area contributed by atoms with E-state index in [1.54, 1.807) is 0 Å². The van der Waals surface area contributed by atoms with Gasteiger partial charge >= 0.3 is 0 Å². The second kappa shape index (κ2) is 5.58. The van der Waals surface area contributed by atoms with Crippen LogP contribution in [0.1, 0.15) is 12.0 Å². The first-order valence-corrected chi connectivity index (χ1v) is 8.04. The number of nitrogens with one attached hydrogen (secondary N) is 1. The molecule has 0 radical (unpaired) electrons. The van der Waals surface area contributed by atoms with Gasteiger partial charge in [0.2, 0.25) is 5.91 Å². The monoisotopic (exact) mass is 292 g/mol. The van der Waals surface area contributed by atoms with Crippen molar-refractivity contribution in [3.8, 4) is 11.1 Å². The van der Waals surface area contributed by atoms with Gasteiger partial charge in [0.15, 0.2) is 0 Å². The summed E-state index contributed by atoms with van der Waals surface area (Å²) in [5.74, 6) is 0.431. The van der Waals surface area contributed by atoms with Crippen LogP contribution in [0.25, 0.3) is 11.1 Å². The lowest BCUT2D eigenvalue weighted by Gasteiger charge is -2.21. The van der Waals surface area contributed by atoms with Crippen molar-refractivity contribution in [1.29, 1.82) is 0 Å². The van der Waals surface area contributed by atoms with Crippen molar-refractivity contribution < 1.29 is 4.79 Å². The molecule has 1 unspecified atom stereocenters. The smallest absolute Gasteiger partial charge is 0.231 e. The van der Waals surface area contributed by atoms with E-state index in [0.29, 0.717) is 0 Å². The Balaban J connectivity index is 1.70. The number of hydrogen-bond donors (Lipinski definition) is 1. The van der Waals surface area contributed by atoms with Crippen LogP contribution in [0, 0.1) is 5.92 Å². The molecule has 0 bridgehead atoms. The molecule has 3 heteroatoms. The van der Waals surface area contributed by atoms with Gasteiger partial charge in [-0.05, 0) is 42.1 Å². The zero-order valence-electron chi connectivity index (χ0n) is 12.6. The van der Waals surface area contributed by atoms with E-state index in [1.807, 2.05) is 11.0 Å². The normalized spacial score (nSPS) is 20.2. The fourth-order valence-electron chi connectivity index (χ4n) is 3.64. The topological polar surface area (TPSA) is 32.3 Å². The Morgan fingerprint density at radius 2 is 1.95 bits per heavy atom. The van der Waals surface area contributed by atoms with Crippen LogP contribution in [0.2, 0.25) is 0 Å². The molecule has 1 N–H and O–H groups in total. The first-order chi connectivity index (χ1) is 10.8. The molecule has 2 heterocycles. The molecular weight excluding hydrogens is 272 g/mol. The third kappa shape index (κ3) is 2.22. The highest BCUT2D eigenvalue weighted by atomic mass is 16.2. The van der Waals surface area contributed by atoms with Crippen LogP contribution in [0.5, 0.6) is 0 Å². The zero-order chi connectivity index (χ0) is 14.9. The SMILES string of the molecule is O=C(C1CCNC1)N1CCc2c(-c3ccccc3)cccc21. The van der Waals surface area contributed by atoms with E-state index in [2.05, 4.69) is 47.8 Å². The second-order valence-corrected chi connectivity index (χ2v) is 6.10. The largest absolute Gasteiger partial charge is 0.316 e. The fraction of sp³-hybridized carbons (Fsp3) is 0.316. The van der Waals surface area contributed by atoms with E-state index in [4.69, 9.17) is 0 Å². The first kappa shape index (κ1) is 13.5. The Bertz CT molecular complexity index is 690. The molecule has 2 aliphatic heterocycles. The number of hydrogen-bond acceptors (Lipinski definition) is 2. The third-order valence-electron chi connectivity index (χ3n) is 4.79. The zero-order valence-corrected chi connectivity index (χ0v) is 12.6. The summed E-state index contributed by atoms with van der Waals surface area (Å²) in [6, 6.07) is 16.8. The molecule has 0 spiro atoms. The molecular formula is C19H20N2O. The third-order valence-corrected chi connectivity index (χ3v) is 4.79. The number of fused-ring (bicyclic) bond motifs is 1. The van der Waals surface area contributed by atoms with Gasteiger partial charge in [0.1, 0.15) is 0 Å². The van der Waals surface area contributed by atoms with E-state index in [-0.39, 0.29) is 11.8 Å². The van der Waals surface area contributed by atoms with Crippen LogP contribution >= 0.6 is 0 Å². The Hall–Kier alpha value is -2.13. The molecule has 0 aromatic heterocycles. The number of nitrogens with zero attached hydrogens (tertiary/aromatic N) is 1. The van der Waals surface area contributed by atoms with Gasteiger partial charge in [-0.2, -0.15) is 0 Å². The lowest BCUT2D eigenvalue weighted by molar-refractivity contribution is -0.121. The van der Waals surface area contributed by atoms with Crippen molar-refractivity contribution in [1.82, 2.24) is 5.32 Å². The van der Waals surface area contributed by atoms with E-state index in [9.17, 15) is 4.79 Å². The van der Waals surface area contributed by atoms with E-state index >= 15 is 0 Å². The molecule has 2 aromatic carbocycles. The molecule has 1 amide bonds. The van der Waals surface area contributed by atoms with Gasteiger partial charge in [-0.15, -0.1) is 0 Å². The molecule has 2 aromatic rings. The van der Waals surface area contributed by atoms with Crippen LogP contribution in [0.15, 0.2) is 48.5 Å². The van der Waals surface area contributed by atoms with Crippen LogP contribution < -0.4 is 10.2 Å². The summed E-state index contributed by atoms with van der Waals surface area (Å²) < 4.78 is 0. The molecule has 0 saturated carbocycles. The predicted octanol–water partition coefficient (Wildman–Crippen LogP) is 2.85. The van der Waals surface area contributed by atoms with E-state index in [0.717, 1.165) is 38.2 Å². The average Bonchev–Trinajstić information content (AvgIpc) is 3.24. The second-order valence-electron chi connectivity index (χ2n) is 6.10. The summed E-state index contributed by atoms with van der Waals surface area (Å²) in [5.41, 5.74) is 4.92. The van der Waals surface area contributed by atoms with Gasteiger partial charge < -0.3 is 10.2 Å². The molecule has 112 valence electrons. The van der Waals surface area contributed by atoms with Crippen molar-refractivity contribution in [2.45, 2.75) is 12.8 Å². The molecule has 4 rings (SSSR count). The fourth-order valence-corrected chi connectivity index (χ4v) is 3.64. The van der Waals surface area contributed by atoms with Gasteiger partial charge in [0.25, 0.3) is 0 Å². The van der Waals surface area contributed by atoms with Crippen molar-refractivity contribution in [2.24, 2.45) is 5.92 Å². The average molecular weight is 292 g/mol. The Kier molecular flexibility index (Phi) is 3.43. The lowest BCUT2D eigenvalue weighted by atomic mass is 9.98. The number of anilines is 1. The van der Waals surface area contributed by atoms with Gasteiger partial charge in [-0.1, -0.05) is 42.5 Å². The summed E-state index contributed by atoms with van der Waals surface area (Å²) in [5, 5.41) is 3.29. The number of amides is 1. The minimum Gasteiger partial charge on any atom is -0.316 e. The van der Waals surface area contributed by atoms with Gasteiger partial charge in [0.05, 0.1) is 5.92 Å². The first-order valence-electron chi connectivity index (χ1n) is 8.04. The maximum atomic E-state index is 12.7. The number of benzene rings is 2. The van der Waals surface area contributed by atoms with E-state index < -0.39 is 0 Å². The lowest BCUT2D eigenvalue weighted by Crippen LogP contribution is -2.35. The number of rotatable bonds is 2. The summed E-state index contributed by atoms with van der Waals surface area (Å²) in [7, 11) is 0. The van der Waals surface area contributed by atoms with E-state index in [1.165, 1.54) is 16.7 Å². The van der Waals surface area contributed by atoms with Crippen molar-refractivity contribution >= 4 is 11.6 Å². The van der Waals surface area contributed by atoms with Crippen LogP contribution in [0.3, 0.4) is 0 Å². The Morgan fingerprint density at radius 1 is 1.09 bits per heavy atom. The highest BCUT2D eigenvalue weighted by Crippen LogP contribution is 2.37. The minimum atomic E-state index is 0.145. The Labute approximate surface area is 131 Å². The molecule has 1 saturated heterocycles. The molecule has 0 aliphatic carbocycles. The maximum absolute atomic E-state index is 12.7. The van der Waals surface area contributed by atoms with Gasteiger partial charge in [-0.25, -0.2) is 0 Å². The van der Waals surface area contributed by atoms with Crippen molar-refractivity contribution in [3.63, 3.8) is 0 Å². The summed E-state index contributed by atoms with van der Waals surface area (Å²) in [6.45, 7) is 2.60. The summed E-state index contributed by atoms with van der Waals surface area (Å²) >= 11 is 0. The number of carbonyl (C=O) groups excluding carboxylic acids is 1. The Morgan fingerprint density at radius 3 is 2.73 bits per heavy atom. The molecule has 1 fully saturated rings. The van der Waals surface area contributed by atoms with Crippen LogP contribution in [-0.2, 0) is 11.2 Å². The van der Waals surface area contributed by atoms with Gasteiger partial charge in [-0.3, -0.25) is 4.79 Å². The number of carbonyl (C=O) groups is 1. The minimum absolute atomic E-state index is 0.145. The molecule has 1 atom stereocenters.